The Labute approximate surface area is 129 Å². The van der Waals surface area contributed by atoms with Crippen molar-refractivity contribution in [2.24, 2.45) is 4.99 Å². The zero-order chi connectivity index (χ0) is 13.9. The molecule has 100 valence electrons. The molecule has 0 bridgehead atoms. The van der Waals surface area contributed by atoms with E-state index < -0.39 is 5.10 Å². The van der Waals surface area contributed by atoms with E-state index in [0.717, 1.165) is 10.5 Å². The summed E-state index contributed by atoms with van der Waals surface area (Å²) in [6.07, 6.45) is 1.95. The lowest BCUT2D eigenvalue weighted by molar-refractivity contribution is 0.280. The van der Waals surface area contributed by atoms with Crippen molar-refractivity contribution in [3.63, 3.8) is 0 Å². The van der Waals surface area contributed by atoms with Crippen LogP contribution >= 0.6 is 16.5 Å². The van der Waals surface area contributed by atoms with Crippen LogP contribution in [0.25, 0.3) is 4.91 Å². The van der Waals surface area contributed by atoms with Crippen molar-refractivity contribution < 1.29 is 4.74 Å². The monoisotopic (exact) mass is 327 g/mol. The second-order valence-corrected chi connectivity index (χ2v) is 11.7. The van der Waals surface area contributed by atoms with Gasteiger partial charge in [0.15, 0.2) is 0 Å². The predicted molar refractivity (Wildman–Crippen MR) is 91.1 cm³/mol. The summed E-state index contributed by atoms with van der Waals surface area (Å²) in [7, 11) is 0. The van der Waals surface area contributed by atoms with Gasteiger partial charge in [0.25, 0.3) is 0 Å². The summed E-state index contributed by atoms with van der Waals surface area (Å²) in [6.45, 7) is 4.72. The SMILES string of the molecule is CC1(C)COC(/C=C(\S[P+](=S)[S-])c2ccccc2)=N1. The first-order valence-electron chi connectivity index (χ1n) is 5.78. The molecule has 1 aliphatic heterocycles. The van der Waals surface area contributed by atoms with Gasteiger partial charge in [-0.1, -0.05) is 30.3 Å². The first kappa shape index (κ1) is 15.0. The Bertz CT molecular complexity index is 540. The van der Waals surface area contributed by atoms with E-state index in [0.29, 0.717) is 12.5 Å². The van der Waals surface area contributed by atoms with Crippen molar-refractivity contribution >= 4 is 51.3 Å². The molecule has 0 aromatic heterocycles. The highest BCUT2D eigenvalue weighted by atomic mass is 33.2. The Morgan fingerprint density at radius 3 is 2.68 bits per heavy atom. The zero-order valence-corrected chi connectivity index (χ0v) is 14.0. The molecule has 1 heterocycles. The second kappa shape index (κ2) is 6.40. The maximum absolute atomic E-state index is 5.60. The maximum Gasteiger partial charge on any atom is 0.210 e. The van der Waals surface area contributed by atoms with Gasteiger partial charge in [0.1, 0.15) is 34.9 Å². The van der Waals surface area contributed by atoms with Crippen molar-refractivity contribution in [1.82, 2.24) is 0 Å². The summed E-state index contributed by atoms with van der Waals surface area (Å²) in [5.41, 5.74) is 0.955. The number of ether oxygens (including phenoxy) is 1. The van der Waals surface area contributed by atoms with Crippen LogP contribution in [0.3, 0.4) is 0 Å². The van der Waals surface area contributed by atoms with Crippen molar-refractivity contribution in [1.29, 1.82) is 0 Å². The van der Waals surface area contributed by atoms with E-state index in [4.69, 9.17) is 28.8 Å². The molecule has 1 unspecified atom stereocenters. The molecular formula is C13H14NOPS3. The summed E-state index contributed by atoms with van der Waals surface area (Å²) in [6, 6.07) is 10.1. The molecule has 0 amide bonds. The highest BCUT2D eigenvalue weighted by molar-refractivity contribution is 8.87. The standard InChI is InChI=1S/C13H14NOPS3/c1-13(2)9-15-12(14-13)8-11(19-16(17)18)10-6-4-3-5-7-10/h3-8H,9H2,1-2H3/b11-8-. The Morgan fingerprint density at radius 1 is 1.47 bits per heavy atom. The van der Waals surface area contributed by atoms with Gasteiger partial charge in [0.05, 0.1) is 10.4 Å². The van der Waals surface area contributed by atoms with Crippen LogP contribution in [0.4, 0.5) is 0 Å². The van der Waals surface area contributed by atoms with E-state index in [1.54, 1.807) is 0 Å². The molecule has 0 aliphatic carbocycles. The molecule has 0 saturated carbocycles. The van der Waals surface area contributed by atoms with Crippen molar-refractivity contribution in [2.75, 3.05) is 6.61 Å². The molecule has 2 nitrogen and oxygen atoms in total. The number of aliphatic imine (C=N–C) groups is 1. The lowest BCUT2D eigenvalue weighted by atomic mass is 10.1. The summed E-state index contributed by atoms with van der Waals surface area (Å²) in [4.78, 5) is 5.57. The lowest BCUT2D eigenvalue weighted by Crippen LogP contribution is -2.17. The summed E-state index contributed by atoms with van der Waals surface area (Å²) in [5.74, 6) is 0.665. The number of benzene rings is 1. The van der Waals surface area contributed by atoms with Gasteiger partial charge in [-0.15, -0.1) is 0 Å². The molecule has 0 fully saturated rings. The van der Waals surface area contributed by atoms with Gasteiger partial charge < -0.3 is 17.0 Å². The number of hydrogen-bond acceptors (Lipinski definition) is 5. The molecule has 1 aromatic carbocycles. The molecule has 0 radical (unpaired) electrons. The Hall–Kier alpha value is -0.350. The molecule has 1 atom stereocenters. The summed E-state index contributed by atoms with van der Waals surface area (Å²) < 4.78 is 5.60. The van der Waals surface area contributed by atoms with Crippen LogP contribution in [0.2, 0.25) is 0 Å². The van der Waals surface area contributed by atoms with Crippen LogP contribution in [0.5, 0.6) is 0 Å². The molecular weight excluding hydrogens is 313 g/mol. The van der Waals surface area contributed by atoms with E-state index in [9.17, 15) is 0 Å². The highest BCUT2D eigenvalue weighted by Crippen LogP contribution is 2.46. The smallest absolute Gasteiger partial charge is 0.210 e. The van der Waals surface area contributed by atoms with Gasteiger partial charge in [-0.2, -0.15) is 0 Å². The Morgan fingerprint density at radius 2 is 2.16 bits per heavy atom. The molecule has 0 spiro atoms. The van der Waals surface area contributed by atoms with Gasteiger partial charge in [-0.25, -0.2) is 4.99 Å². The molecule has 1 aromatic rings. The first-order valence-corrected chi connectivity index (χ1v) is 10.6. The van der Waals surface area contributed by atoms with E-state index >= 15 is 0 Å². The number of nitrogens with zero attached hydrogens (tertiary/aromatic N) is 1. The Balaban J connectivity index is 2.31. The van der Waals surface area contributed by atoms with Crippen LogP contribution < -0.4 is 0 Å². The van der Waals surface area contributed by atoms with Gasteiger partial charge >= 0.3 is 0 Å². The van der Waals surface area contributed by atoms with Gasteiger partial charge in [0.2, 0.25) is 5.90 Å². The largest absolute Gasteiger partial charge is 0.475 e. The molecule has 0 N–H and O–H groups in total. The Kier molecular flexibility index (Phi) is 5.07. The van der Waals surface area contributed by atoms with Crippen molar-refractivity contribution in [3.05, 3.63) is 42.0 Å². The van der Waals surface area contributed by atoms with Gasteiger partial charge in [0, 0.05) is 6.08 Å². The molecule has 19 heavy (non-hydrogen) atoms. The third-order valence-electron chi connectivity index (χ3n) is 2.47. The van der Waals surface area contributed by atoms with Crippen molar-refractivity contribution in [2.45, 2.75) is 19.4 Å². The first-order chi connectivity index (χ1) is 8.96. The van der Waals surface area contributed by atoms with Crippen LogP contribution in [-0.4, -0.2) is 18.0 Å². The third kappa shape index (κ3) is 4.60. The highest BCUT2D eigenvalue weighted by Gasteiger charge is 2.25. The molecule has 2 rings (SSSR count). The van der Waals surface area contributed by atoms with E-state index in [2.05, 4.69) is 18.8 Å². The second-order valence-electron chi connectivity index (χ2n) is 4.74. The fraction of sp³-hybridized carbons (Fsp3) is 0.308. The summed E-state index contributed by atoms with van der Waals surface area (Å²) in [5, 5.41) is -0.903. The minimum absolute atomic E-state index is 0.148. The average molecular weight is 327 g/mol. The predicted octanol–water partition coefficient (Wildman–Crippen LogP) is 4.29. The number of hydrogen-bond donors (Lipinski definition) is 0. The van der Waals surface area contributed by atoms with E-state index in [1.807, 2.05) is 36.4 Å². The molecule has 0 saturated heterocycles. The van der Waals surface area contributed by atoms with E-state index in [1.165, 1.54) is 11.4 Å². The average Bonchev–Trinajstić information content (AvgIpc) is 2.68. The quantitative estimate of drug-likeness (QED) is 0.607. The fourth-order valence-electron chi connectivity index (χ4n) is 1.64. The van der Waals surface area contributed by atoms with Crippen LogP contribution in [-0.2, 0) is 28.8 Å². The lowest BCUT2D eigenvalue weighted by Gasteiger charge is -2.07. The van der Waals surface area contributed by atoms with Crippen LogP contribution in [0, 0.1) is 0 Å². The van der Waals surface area contributed by atoms with Gasteiger partial charge in [-0.05, 0) is 19.4 Å². The third-order valence-corrected chi connectivity index (χ3v) is 5.55. The maximum atomic E-state index is 5.60. The normalized spacial score (nSPS) is 18.8. The summed E-state index contributed by atoms with van der Waals surface area (Å²) >= 11 is 11.9. The fourth-order valence-corrected chi connectivity index (χ4v) is 4.60. The van der Waals surface area contributed by atoms with E-state index in [-0.39, 0.29) is 5.54 Å². The topological polar surface area (TPSA) is 21.6 Å². The van der Waals surface area contributed by atoms with Crippen LogP contribution in [0.15, 0.2) is 41.4 Å². The minimum atomic E-state index is -0.903. The minimum Gasteiger partial charge on any atom is -0.475 e. The van der Waals surface area contributed by atoms with Gasteiger partial charge in [-0.3, -0.25) is 0 Å². The van der Waals surface area contributed by atoms with Crippen LogP contribution in [0.1, 0.15) is 19.4 Å². The molecule has 6 heteroatoms. The van der Waals surface area contributed by atoms with Crippen molar-refractivity contribution in [3.8, 4) is 0 Å². The zero-order valence-electron chi connectivity index (χ0n) is 10.7. The molecule has 1 aliphatic rings. The number of rotatable bonds is 4.